The van der Waals surface area contributed by atoms with Crippen molar-refractivity contribution in [2.45, 2.75) is 31.7 Å². The number of likely N-dealkylation sites (tertiary alicyclic amines) is 2. The fraction of sp³-hybridized carbons (Fsp3) is 1.00. The molecule has 2 saturated heterocycles. The van der Waals surface area contributed by atoms with Crippen LogP contribution >= 0.6 is 0 Å². The molecule has 2 N–H and O–H groups in total. The molecule has 0 aliphatic carbocycles. The van der Waals surface area contributed by atoms with Gasteiger partial charge in [0.25, 0.3) is 0 Å². The summed E-state index contributed by atoms with van der Waals surface area (Å²) in [6.07, 6.45) is 5.35. The Morgan fingerprint density at radius 2 is 2.07 bits per heavy atom. The third-order valence-electron chi connectivity index (χ3n) is 3.96. The Bertz CT molecular complexity index is 189. The molecule has 0 aromatic heterocycles. The predicted octanol–water partition coefficient (Wildman–Crippen LogP) is 0.751. The van der Waals surface area contributed by atoms with E-state index < -0.39 is 0 Å². The zero-order valence-electron chi connectivity index (χ0n) is 9.99. The Morgan fingerprint density at radius 3 is 2.73 bits per heavy atom. The van der Waals surface area contributed by atoms with Crippen LogP contribution in [0, 0.1) is 5.92 Å². The van der Waals surface area contributed by atoms with Gasteiger partial charge in [-0.2, -0.15) is 0 Å². The molecule has 1 atom stereocenters. The van der Waals surface area contributed by atoms with E-state index in [1.807, 2.05) is 0 Å². The number of nitrogens with zero attached hydrogens (tertiary/aromatic N) is 2. The van der Waals surface area contributed by atoms with E-state index in [1.165, 1.54) is 51.9 Å². The standard InChI is InChI=1S/C12H25N3/c1-14-9-11(10-14)5-8-15-7-2-3-12(15)4-6-13/h11-12H,2-10,13H2,1H3. The molecule has 0 aromatic rings. The molecule has 88 valence electrons. The van der Waals surface area contributed by atoms with Crippen LogP contribution in [0.4, 0.5) is 0 Å². The van der Waals surface area contributed by atoms with Gasteiger partial charge in [0.2, 0.25) is 0 Å². The maximum atomic E-state index is 5.65. The molecule has 2 heterocycles. The van der Waals surface area contributed by atoms with E-state index in [9.17, 15) is 0 Å². The molecule has 2 aliphatic heterocycles. The second kappa shape index (κ2) is 5.28. The molecule has 3 nitrogen and oxygen atoms in total. The van der Waals surface area contributed by atoms with Crippen LogP contribution in [-0.4, -0.2) is 55.6 Å². The van der Waals surface area contributed by atoms with Crippen molar-refractivity contribution in [1.29, 1.82) is 0 Å². The van der Waals surface area contributed by atoms with E-state index in [2.05, 4.69) is 16.8 Å². The van der Waals surface area contributed by atoms with Gasteiger partial charge in [0.05, 0.1) is 0 Å². The average Bonchev–Trinajstić information content (AvgIpc) is 2.59. The van der Waals surface area contributed by atoms with Crippen LogP contribution in [-0.2, 0) is 0 Å². The fourth-order valence-electron chi connectivity index (χ4n) is 3.07. The summed E-state index contributed by atoms with van der Waals surface area (Å²) in [5.41, 5.74) is 5.65. The highest BCUT2D eigenvalue weighted by molar-refractivity contribution is 4.82. The Kier molecular flexibility index (Phi) is 4.00. The van der Waals surface area contributed by atoms with Crippen molar-refractivity contribution >= 4 is 0 Å². The third-order valence-corrected chi connectivity index (χ3v) is 3.96. The first-order valence-corrected chi connectivity index (χ1v) is 6.42. The highest BCUT2D eigenvalue weighted by atomic mass is 15.2. The van der Waals surface area contributed by atoms with Crippen molar-refractivity contribution in [1.82, 2.24) is 9.80 Å². The van der Waals surface area contributed by atoms with Crippen LogP contribution in [0.1, 0.15) is 25.7 Å². The first kappa shape index (κ1) is 11.4. The summed E-state index contributed by atoms with van der Waals surface area (Å²) < 4.78 is 0. The van der Waals surface area contributed by atoms with Gasteiger partial charge in [-0.05, 0) is 58.3 Å². The van der Waals surface area contributed by atoms with Gasteiger partial charge in [-0.1, -0.05) is 0 Å². The van der Waals surface area contributed by atoms with Gasteiger partial charge in [-0.15, -0.1) is 0 Å². The molecule has 2 aliphatic rings. The molecule has 2 fully saturated rings. The lowest BCUT2D eigenvalue weighted by molar-refractivity contribution is 0.109. The smallest absolute Gasteiger partial charge is 0.0108 e. The van der Waals surface area contributed by atoms with Gasteiger partial charge in [-0.3, -0.25) is 0 Å². The van der Waals surface area contributed by atoms with E-state index >= 15 is 0 Å². The third kappa shape index (κ3) is 2.92. The average molecular weight is 211 g/mol. The van der Waals surface area contributed by atoms with Gasteiger partial charge in [0.1, 0.15) is 0 Å². The van der Waals surface area contributed by atoms with E-state index in [-0.39, 0.29) is 0 Å². The lowest BCUT2D eigenvalue weighted by Crippen LogP contribution is -2.45. The van der Waals surface area contributed by atoms with Gasteiger partial charge >= 0.3 is 0 Å². The van der Waals surface area contributed by atoms with Crippen LogP contribution < -0.4 is 5.73 Å². The summed E-state index contributed by atoms with van der Waals surface area (Å²) in [4.78, 5) is 5.08. The Hall–Kier alpha value is -0.120. The second-order valence-corrected chi connectivity index (χ2v) is 5.29. The van der Waals surface area contributed by atoms with Crippen LogP contribution in [0.5, 0.6) is 0 Å². The highest BCUT2D eigenvalue weighted by Crippen LogP contribution is 2.23. The van der Waals surface area contributed by atoms with E-state index in [4.69, 9.17) is 5.73 Å². The number of nitrogens with two attached hydrogens (primary N) is 1. The summed E-state index contributed by atoms with van der Waals surface area (Å²) in [6, 6.07) is 0.799. The van der Waals surface area contributed by atoms with Crippen molar-refractivity contribution < 1.29 is 0 Å². The lowest BCUT2D eigenvalue weighted by Gasteiger charge is -2.37. The van der Waals surface area contributed by atoms with Crippen molar-refractivity contribution in [3.05, 3.63) is 0 Å². The Labute approximate surface area is 93.6 Å². The zero-order chi connectivity index (χ0) is 10.7. The minimum atomic E-state index is 0.799. The highest BCUT2D eigenvalue weighted by Gasteiger charge is 2.27. The van der Waals surface area contributed by atoms with Gasteiger partial charge in [0.15, 0.2) is 0 Å². The second-order valence-electron chi connectivity index (χ2n) is 5.29. The number of rotatable bonds is 5. The molecule has 0 radical (unpaired) electrons. The SMILES string of the molecule is CN1CC(CCN2CCCC2CCN)C1. The molecular formula is C12H25N3. The Balaban J connectivity index is 1.65. The monoisotopic (exact) mass is 211 g/mol. The summed E-state index contributed by atoms with van der Waals surface area (Å²) >= 11 is 0. The number of hydrogen-bond acceptors (Lipinski definition) is 3. The topological polar surface area (TPSA) is 32.5 Å². The molecule has 0 amide bonds. The first-order valence-electron chi connectivity index (χ1n) is 6.42. The van der Waals surface area contributed by atoms with Crippen molar-refractivity contribution in [2.75, 3.05) is 39.8 Å². The molecule has 0 aromatic carbocycles. The van der Waals surface area contributed by atoms with E-state index in [1.54, 1.807) is 0 Å². The van der Waals surface area contributed by atoms with Crippen molar-refractivity contribution in [3.63, 3.8) is 0 Å². The Morgan fingerprint density at radius 1 is 1.27 bits per heavy atom. The molecule has 1 unspecified atom stereocenters. The first-order chi connectivity index (χ1) is 7.29. The molecule has 3 heteroatoms. The molecule has 2 rings (SSSR count). The molecule has 15 heavy (non-hydrogen) atoms. The summed E-state index contributed by atoms with van der Waals surface area (Å²) in [6.45, 7) is 6.11. The molecule has 0 saturated carbocycles. The maximum absolute atomic E-state index is 5.65. The van der Waals surface area contributed by atoms with E-state index in [0.717, 1.165) is 18.5 Å². The fourth-order valence-corrected chi connectivity index (χ4v) is 3.07. The maximum Gasteiger partial charge on any atom is 0.0108 e. The molecular weight excluding hydrogens is 186 g/mol. The van der Waals surface area contributed by atoms with Crippen LogP contribution in [0.15, 0.2) is 0 Å². The van der Waals surface area contributed by atoms with Crippen LogP contribution in [0.25, 0.3) is 0 Å². The van der Waals surface area contributed by atoms with Crippen LogP contribution in [0.2, 0.25) is 0 Å². The van der Waals surface area contributed by atoms with E-state index in [0.29, 0.717) is 0 Å². The zero-order valence-corrected chi connectivity index (χ0v) is 9.99. The van der Waals surface area contributed by atoms with Gasteiger partial charge in [0, 0.05) is 19.1 Å². The number of hydrogen-bond donors (Lipinski definition) is 1. The largest absolute Gasteiger partial charge is 0.330 e. The summed E-state index contributed by atoms with van der Waals surface area (Å²) in [5.74, 6) is 0.967. The minimum absolute atomic E-state index is 0.799. The van der Waals surface area contributed by atoms with Crippen LogP contribution in [0.3, 0.4) is 0 Å². The van der Waals surface area contributed by atoms with Gasteiger partial charge < -0.3 is 15.5 Å². The predicted molar refractivity (Wildman–Crippen MR) is 63.9 cm³/mol. The lowest BCUT2D eigenvalue weighted by atomic mass is 9.97. The summed E-state index contributed by atoms with van der Waals surface area (Å²) in [5, 5.41) is 0. The van der Waals surface area contributed by atoms with Crippen molar-refractivity contribution in [3.8, 4) is 0 Å². The molecule has 0 spiro atoms. The normalized spacial score (nSPS) is 29.6. The summed E-state index contributed by atoms with van der Waals surface area (Å²) in [7, 11) is 2.21. The molecule has 0 bridgehead atoms. The van der Waals surface area contributed by atoms with Crippen molar-refractivity contribution in [2.24, 2.45) is 11.7 Å². The minimum Gasteiger partial charge on any atom is -0.330 e. The van der Waals surface area contributed by atoms with Gasteiger partial charge in [-0.25, -0.2) is 0 Å². The quantitative estimate of drug-likeness (QED) is 0.728.